The first-order valence-electron chi connectivity index (χ1n) is 13.9. The number of aromatic hydroxyl groups is 2. The van der Waals surface area contributed by atoms with Crippen LogP contribution in [0.15, 0.2) is 81.5 Å². The van der Waals surface area contributed by atoms with Crippen LogP contribution < -0.4 is 19.6 Å². The van der Waals surface area contributed by atoms with Crippen molar-refractivity contribution in [1.82, 2.24) is 0 Å². The van der Waals surface area contributed by atoms with E-state index in [0.717, 1.165) is 14.3 Å². The average molecular weight is 681 g/mol. The van der Waals surface area contributed by atoms with Crippen LogP contribution in [0.5, 0.6) is 28.7 Å². The number of hydrogen-bond donors (Lipinski definition) is 4. The van der Waals surface area contributed by atoms with Crippen molar-refractivity contribution in [2.75, 3.05) is 26.4 Å². The lowest BCUT2D eigenvalue weighted by Gasteiger charge is -2.16. The Labute approximate surface area is 275 Å². The first-order valence-corrected chi connectivity index (χ1v) is 16.5. The molecule has 3 aromatic carbocycles. The van der Waals surface area contributed by atoms with Gasteiger partial charge in [0.05, 0.1) is 13.2 Å². The molecule has 5 aromatic rings. The van der Waals surface area contributed by atoms with E-state index in [2.05, 4.69) is 0 Å². The monoisotopic (exact) mass is 680 g/mol. The van der Waals surface area contributed by atoms with Gasteiger partial charge in [0.2, 0.25) is 11.2 Å². The van der Waals surface area contributed by atoms with Crippen LogP contribution in [0.1, 0.15) is 12.5 Å². The molecule has 0 fully saturated rings. The number of carbonyl (C=O) groups is 1. The molecule has 0 unspecified atom stereocenters. The van der Waals surface area contributed by atoms with Crippen molar-refractivity contribution in [2.45, 2.75) is 13.3 Å². The molecule has 0 amide bonds. The molecule has 0 spiro atoms. The summed E-state index contributed by atoms with van der Waals surface area (Å²) in [7, 11) is 3.08. The van der Waals surface area contributed by atoms with Gasteiger partial charge >= 0.3 is 5.97 Å². The zero-order valence-corrected chi connectivity index (χ0v) is 26.8. The summed E-state index contributed by atoms with van der Waals surface area (Å²) in [5, 5.41) is 39.2. The van der Waals surface area contributed by atoms with E-state index in [4.69, 9.17) is 30.8 Å². The molecule has 46 heavy (non-hydrogen) atoms. The average Bonchev–Trinajstić information content (AvgIpc) is 3.49. The van der Waals surface area contributed by atoms with E-state index in [1.54, 1.807) is 35.5 Å². The van der Waals surface area contributed by atoms with Crippen LogP contribution in [0.2, 0.25) is 0 Å². The zero-order valence-electron chi connectivity index (χ0n) is 24.3. The molecule has 0 saturated heterocycles. The van der Waals surface area contributed by atoms with Crippen molar-refractivity contribution in [2.24, 2.45) is 0 Å². The second kappa shape index (κ2) is 14.7. The van der Waals surface area contributed by atoms with Crippen LogP contribution in [0.3, 0.4) is 0 Å². The molecule has 5 rings (SSSR count). The number of fused-ring (bicyclic) bond motifs is 1. The fourth-order valence-corrected chi connectivity index (χ4v) is 6.91. The molecule has 4 N–H and O–H groups in total. The largest absolute Gasteiger partial charge is 0.508 e. The van der Waals surface area contributed by atoms with Gasteiger partial charge in [0.15, 0.2) is 5.76 Å². The lowest BCUT2D eigenvalue weighted by atomic mass is 10.0. The Morgan fingerprint density at radius 1 is 0.935 bits per heavy atom. The Morgan fingerprint density at radius 2 is 1.61 bits per heavy atom. The number of ether oxygens (including phenoxy) is 3. The zero-order chi connectivity index (χ0) is 32.8. The fourth-order valence-electron chi connectivity index (χ4n) is 4.50. The van der Waals surface area contributed by atoms with Crippen molar-refractivity contribution in [3.8, 4) is 50.5 Å². The predicted octanol–water partition coefficient (Wildman–Crippen LogP) is 6.23. The highest BCUT2D eigenvalue weighted by Gasteiger charge is 2.25. The van der Waals surface area contributed by atoms with Crippen molar-refractivity contribution in [3.05, 3.63) is 91.9 Å². The highest BCUT2D eigenvalue weighted by atomic mass is 32.9. The van der Waals surface area contributed by atoms with E-state index in [1.807, 2.05) is 18.2 Å². The molecule has 238 valence electrons. The molecule has 0 aliphatic rings. The number of aliphatic hydroxyl groups is 2. The fraction of sp³-hybridized carbons (Fsp3) is 0.182. The van der Waals surface area contributed by atoms with Gasteiger partial charge in [-0.25, -0.2) is 4.79 Å². The molecule has 0 aliphatic heterocycles. The molecule has 0 radical (unpaired) electrons. The summed E-state index contributed by atoms with van der Waals surface area (Å²) >= 11 is 5.20. The highest BCUT2D eigenvalue weighted by molar-refractivity contribution is 7.80. The minimum absolute atomic E-state index is 0.00910. The summed E-state index contributed by atoms with van der Waals surface area (Å²) in [6.07, 6.45) is 1.58. The standard InChI is InChI=1S/C33H28O10S3/c1-18(33(39)42-22-9-5-19(6-10-22)26-17-27(44)46-45-26)2-11-23-25(40-14-12-34)16-24(37)28-29(38)32(41-15-13-35)30(43-31(23)28)20-3-7-21(36)8-4-20/h2-10,16-17,34-37H,11-15H2,1H3/b18-2+. The molecule has 2 aromatic heterocycles. The number of hydrogen-bond acceptors (Lipinski definition) is 13. The first kappa shape index (κ1) is 32.9. The number of allylic oxidation sites excluding steroid dienone is 1. The quantitative estimate of drug-likeness (QED) is 0.0390. The van der Waals surface area contributed by atoms with E-state index in [-0.39, 0.29) is 72.4 Å². The van der Waals surface area contributed by atoms with Crippen LogP contribution in [-0.2, 0) is 11.2 Å². The van der Waals surface area contributed by atoms with Gasteiger partial charge < -0.3 is 39.1 Å². The van der Waals surface area contributed by atoms with Gasteiger partial charge in [-0.3, -0.25) is 4.79 Å². The van der Waals surface area contributed by atoms with Crippen molar-refractivity contribution in [1.29, 1.82) is 0 Å². The molecule has 0 atom stereocenters. The number of benzene rings is 3. The Hall–Kier alpha value is -4.53. The molecule has 0 aliphatic carbocycles. The maximum atomic E-state index is 13.7. The Kier molecular flexibility index (Phi) is 10.5. The molecule has 0 saturated carbocycles. The summed E-state index contributed by atoms with van der Waals surface area (Å²) in [6.45, 7) is 0.530. The van der Waals surface area contributed by atoms with Gasteiger partial charge in [-0.1, -0.05) is 39.0 Å². The van der Waals surface area contributed by atoms with Crippen molar-refractivity contribution >= 4 is 49.8 Å². The predicted molar refractivity (Wildman–Crippen MR) is 178 cm³/mol. The Balaban J connectivity index is 1.52. The number of phenols is 2. The molecular weight excluding hydrogens is 653 g/mol. The van der Waals surface area contributed by atoms with Gasteiger partial charge in [-0.2, -0.15) is 0 Å². The maximum Gasteiger partial charge on any atom is 0.338 e. The topological polar surface area (TPSA) is 156 Å². The second-order valence-electron chi connectivity index (χ2n) is 9.86. The van der Waals surface area contributed by atoms with Gasteiger partial charge in [0.1, 0.15) is 51.0 Å². The minimum Gasteiger partial charge on any atom is -0.508 e. The van der Waals surface area contributed by atoms with E-state index < -0.39 is 17.1 Å². The Morgan fingerprint density at radius 3 is 2.26 bits per heavy atom. The van der Waals surface area contributed by atoms with Gasteiger partial charge in [0, 0.05) is 27.6 Å². The van der Waals surface area contributed by atoms with E-state index in [1.165, 1.54) is 40.7 Å². The normalized spacial score (nSPS) is 11.5. The van der Waals surface area contributed by atoms with E-state index in [0.29, 0.717) is 16.9 Å². The van der Waals surface area contributed by atoms with Crippen molar-refractivity contribution in [3.63, 3.8) is 0 Å². The Bertz CT molecular complexity index is 2010. The smallest absolute Gasteiger partial charge is 0.338 e. The lowest BCUT2D eigenvalue weighted by Crippen LogP contribution is -2.14. The summed E-state index contributed by atoms with van der Waals surface area (Å²) in [6, 6.07) is 16.1. The van der Waals surface area contributed by atoms with E-state index in [9.17, 15) is 30.0 Å². The van der Waals surface area contributed by atoms with Crippen LogP contribution in [-0.4, -0.2) is 52.8 Å². The first-order chi connectivity index (χ1) is 22.2. The second-order valence-corrected chi connectivity index (χ2v) is 12.8. The van der Waals surface area contributed by atoms with Crippen LogP contribution in [0.25, 0.3) is 32.7 Å². The molecule has 2 heterocycles. The third-order valence-corrected chi connectivity index (χ3v) is 9.64. The minimum atomic E-state index is -0.707. The van der Waals surface area contributed by atoms with Gasteiger partial charge in [0.25, 0.3) is 0 Å². The summed E-state index contributed by atoms with van der Waals surface area (Å²) < 4.78 is 23.8. The summed E-state index contributed by atoms with van der Waals surface area (Å²) in [5.41, 5.74) is 1.14. The number of esters is 1. The highest BCUT2D eigenvalue weighted by Crippen LogP contribution is 2.40. The van der Waals surface area contributed by atoms with E-state index >= 15 is 0 Å². The molecule has 0 bridgehead atoms. The van der Waals surface area contributed by atoms with Gasteiger partial charge in [-0.05, 0) is 73.5 Å². The summed E-state index contributed by atoms with van der Waals surface area (Å²) in [5.74, 6) is -0.868. The third-order valence-electron chi connectivity index (χ3n) is 6.73. The number of phenolic OH excluding ortho intramolecular Hbond substituents is 2. The lowest BCUT2D eigenvalue weighted by molar-refractivity contribution is -0.130. The van der Waals surface area contributed by atoms with Crippen LogP contribution >= 0.6 is 32.9 Å². The number of rotatable bonds is 12. The van der Waals surface area contributed by atoms with Crippen LogP contribution in [0.4, 0.5) is 0 Å². The van der Waals surface area contributed by atoms with Gasteiger partial charge in [-0.15, -0.1) is 0 Å². The van der Waals surface area contributed by atoms with Crippen LogP contribution in [0, 0.1) is 3.82 Å². The molecule has 13 heteroatoms. The third kappa shape index (κ3) is 7.30. The molecule has 10 nitrogen and oxygen atoms in total. The SMILES string of the molecule is C/C(=C\Cc1c(OCCO)cc(O)c2c(=O)c(OCCO)c(-c3ccc(O)cc3)oc12)C(=O)Oc1ccc(-c2cc(=S)ss2)cc1. The van der Waals surface area contributed by atoms with Crippen molar-refractivity contribution < 1.29 is 43.8 Å². The summed E-state index contributed by atoms with van der Waals surface area (Å²) in [4.78, 5) is 27.7. The number of aliphatic hydroxyl groups excluding tert-OH is 2. The molecular formula is C33H28O10S3. The maximum absolute atomic E-state index is 13.7. The number of carbonyl (C=O) groups excluding carboxylic acids is 1.